The van der Waals surface area contributed by atoms with Crippen LogP contribution >= 0.6 is 0 Å². The predicted octanol–water partition coefficient (Wildman–Crippen LogP) is 10.00. The molecule has 0 aromatic carbocycles. The predicted molar refractivity (Wildman–Crippen MR) is 238 cm³/mol. The van der Waals surface area contributed by atoms with E-state index in [1.54, 1.807) is 0 Å². The summed E-state index contributed by atoms with van der Waals surface area (Å²) in [4.78, 5) is 25.3. The van der Waals surface area contributed by atoms with Gasteiger partial charge in [-0.1, -0.05) is 145 Å². The van der Waals surface area contributed by atoms with E-state index in [0.29, 0.717) is 12.8 Å². The molecule has 0 amide bonds. The Balaban J connectivity index is 2.37. The SMILES string of the molecule is CC/C=C\C/C=C\C/C=C\C/C=C\C/C=C\CCCCCC(=O)OC(COC(=O)CCCCCCC/C=C\CCCCCCCC)COC1OC(CO)C(O)C(O)C1O. The van der Waals surface area contributed by atoms with Crippen molar-refractivity contribution < 1.29 is 49.0 Å². The molecule has 1 rings (SSSR count). The van der Waals surface area contributed by atoms with Gasteiger partial charge in [0.25, 0.3) is 0 Å². The molecule has 6 atom stereocenters. The number of allylic oxidation sites excluding steroid dienone is 12. The summed E-state index contributed by atoms with van der Waals surface area (Å²) in [6, 6.07) is 0. The first-order chi connectivity index (χ1) is 28.8. The summed E-state index contributed by atoms with van der Waals surface area (Å²) in [5.41, 5.74) is 0. The third-order valence-corrected chi connectivity index (χ3v) is 10.1. The largest absolute Gasteiger partial charge is 0.462 e. The van der Waals surface area contributed by atoms with Gasteiger partial charge in [0.1, 0.15) is 31.0 Å². The van der Waals surface area contributed by atoms with Gasteiger partial charge >= 0.3 is 11.9 Å². The maximum Gasteiger partial charge on any atom is 0.306 e. The number of hydrogen-bond acceptors (Lipinski definition) is 10. The Labute approximate surface area is 357 Å². The maximum atomic E-state index is 12.8. The van der Waals surface area contributed by atoms with E-state index in [4.69, 9.17) is 18.9 Å². The van der Waals surface area contributed by atoms with Crippen molar-refractivity contribution in [2.24, 2.45) is 0 Å². The summed E-state index contributed by atoms with van der Waals surface area (Å²) in [5, 5.41) is 40.1. The minimum absolute atomic E-state index is 0.186. The van der Waals surface area contributed by atoms with Crippen LogP contribution in [0.3, 0.4) is 0 Å². The van der Waals surface area contributed by atoms with Gasteiger partial charge in [-0.15, -0.1) is 0 Å². The molecule has 10 nitrogen and oxygen atoms in total. The fraction of sp³-hybridized carbons (Fsp3) is 0.714. The van der Waals surface area contributed by atoms with Gasteiger partial charge in [-0.05, 0) is 83.5 Å². The molecule has 0 aromatic heterocycles. The summed E-state index contributed by atoms with van der Waals surface area (Å²) in [5.74, 6) is -0.859. The van der Waals surface area contributed by atoms with Gasteiger partial charge in [-0.2, -0.15) is 0 Å². The molecule has 6 unspecified atom stereocenters. The number of ether oxygens (including phenoxy) is 4. The second-order valence-electron chi connectivity index (χ2n) is 15.5. The molecule has 10 heteroatoms. The zero-order valence-electron chi connectivity index (χ0n) is 36.7. The number of carbonyl (C=O) groups is 2. The fourth-order valence-corrected chi connectivity index (χ4v) is 6.44. The van der Waals surface area contributed by atoms with Crippen LogP contribution in [-0.2, 0) is 28.5 Å². The van der Waals surface area contributed by atoms with Crippen LogP contribution in [0.15, 0.2) is 72.9 Å². The van der Waals surface area contributed by atoms with Crippen molar-refractivity contribution in [1.29, 1.82) is 0 Å². The molecule has 1 aliphatic heterocycles. The number of aliphatic hydroxyl groups is 4. The second kappa shape index (κ2) is 39.3. The molecule has 338 valence electrons. The van der Waals surface area contributed by atoms with Crippen LogP contribution in [0, 0.1) is 0 Å². The number of hydrogen-bond donors (Lipinski definition) is 4. The second-order valence-corrected chi connectivity index (χ2v) is 15.5. The Kier molecular flexibility index (Phi) is 36.1. The highest BCUT2D eigenvalue weighted by Crippen LogP contribution is 2.22. The van der Waals surface area contributed by atoms with Crippen LogP contribution in [0.5, 0.6) is 0 Å². The van der Waals surface area contributed by atoms with Crippen LogP contribution in [-0.4, -0.2) is 89.0 Å². The lowest BCUT2D eigenvalue weighted by Gasteiger charge is -2.39. The molecule has 1 aliphatic rings. The number of aliphatic hydroxyl groups excluding tert-OH is 4. The van der Waals surface area contributed by atoms with Crippen molar-refractivity contribution in [3.63, 3.8) is 0 Å². The zero-order chi connectivity index (χ0) is 43.0. The topological polar surface area (TPSA) is 152 Å². The van der Waals surface area contributed by atoms with E-state index in [0.717, 1.165) is 83.5 Å². The Morgan fingerprint density at radius 3 is 1.54 bits per heavy atom. The Bertz CT molecular complexity index is 1190. The third-order valence-electron chi connectivity index (χ3n) is 10.1. The first kappa shape index (κ1) is 54.2. The normalized spacial score (nSPS) is 20.7. The van der Waals surface area contributed by atoms with Crippen LogP contribution in [0.25, 0.3) is 0 Å². The minimum Gasteiger partial charge on any atom is -0.462 e. The van der Waals surface area contributed by atoms with Crippen molar-refractivity contribution >= 4 is 11.9 Å². The molecule has 0 spiro atoms. The molecule has 4 N–H and O–H groups in total. The Morgan fingerprint density at radius 2 is 1.00 bits per heavy atom. The van der Waals surface area contributed by atoms with E-state index in [1.165, 1.54) is 44.9 Å². The highest BCUT2D eigenvalue weighted by atomic mass is 16.7. The van der Waals surface area contributed by atoms with Crippen LogP contribution in [0.1, 0.15) is 168 Å². The molecule has 0 aliphatic carbocycles. The van der Waals surface area contributed by atoms with E-state index in [2.05, 4.69) is 86.8 Å². The van der Waals surface area contributed by atoms with Gasteiger partial charge in [0.15, 0.2) is 12.4 Å². The number of esters is 2. The van der Waals surface area contributed by atoms with Gasteiger partial charge in [-0.3, -0.25) is 9.59 Å². The summed E-state index contributed by atoms with van der Waals surface area (Å²) in [6.07, 6.45) is 41.9. The quantitative estimate of drug-likeness (QED) is 0.0271. The summed E-state index contributed by atoms with van der Waals surface area (Å²) in [7, 11) is 0. The maximum absolute atomic E-state index is 12.8. The molecule has 1 heterocycles. The van der Waals surface area contributed by atoms with Crippen LogP contribution in [0.4, 0.5) is 0 Å². The summed E-state index contributed by atoms with van der Waals surface area (Å²) < 4.78 is 22.1. The van der Waals surface area contributed by atoms with Crippen molar-refractivity contribution in [1.82, 2.24) is 0 Å². The minimum atomic E-state index is -1.61. The Morgan fingerprint density at radius 1 is 0.542 bits per heavy atom. The molecule has 59 heavy (non-hydrogen) atoms. The first-order valence-corrected chi connectivity index (χ1v) is 23.0. The summed E-state index contributed by atoms with van der Waals surface area (Å²) >= 11 is 0. The standard InChI is InChI=1S/C49H82O10/c1-3-5-7-9-11-13-15-17-19-20-21-22-24-26-28-30-32-34-36-38-45(52)58-42(41-57-49-48(55)47(54)46(53)43(39-50)59-49)40-56-44(51)37-35-33-31-29-27-25-23-18-16-14-12-10-8-6-4-2/h5,7,11,13,17-19,21-23,26,28,42-43,46-50,53-55H,3-4,6,8-10,12,14-16,20,24-25,27,29-41H2,1-2H3/b7-5-,13-11-,19-17-,22-21-,23-18-,28-26-. The van der Waals surface area contributed by atoms with Crippen molar-refractivity contribution in [3.8, 4) is 0 Å². The van der Waals surface area contributed by atoms with Gasteiger partial charge < -0.3 is 39.4 Å². The highest BCUT2D eigenvalue weighted by molar-refractivity contribution is 5.70. The molecular weight excluding hydrogens is 749 g/mol. The molecule has 0 saturated carbocycles. The van der Waals surface area contributed by atoms with E-state index < -0.39 is 55.4 Å². The van der Waals surface area contributed by atoms with E-state index in [1.807, 2.05) is 0 Å². The van der Waals surface area contributed by atoms with Gasteiger partial charge in [0, 0.05) is 12.8 Å². The van der Waals surface area contributed by atoms with E-state index in [9.17, 15) is 30.0 Å². The molecule has 0 aromatic rings. The van der Waals surface area contributed by atoms with Crippen molar-refractivity contribution in [2.45, 2.75) is 205 Å². The van der Waals surface area contributed by atoms with Gasteiger partial charge in [0.2, 0.25) is 0 Å². The molecule has 1 saturated heterocycles. The monoisotopic (exact) mass is 831 g/mol. The number of unbranched alkanes of at least 4 members (excludes halogenated alkanes) is 14. The summed E-state index contributed by atoms with van der Waals surface area (Å²) in [6.45, 7) is 3.25. The van der Waals surface area contributed by atoms with Gasteiger partial charge in [0.05, 0.1) is 13.2 Å². The van der Waals surface area contributed by atoms with Crippen molar-refractivity contribution in [3.05, 3.63) is 72.9 Å². The van der Waals surface area contributed by atoms with Crippen LogP contribution in [0.2, 0.25) is 0 Å². The number of carbonyl (C=O) groups excluding carboxylic acids is 2. The number of rotatable bonds is 37. The molecular formula is C49H82O10. The van der Waals surface area contributed by atoms with Crippen molar-refractivity contribution in [2.75, 3.05) is 19.8 Å². The van der Waals surface area contributed by atoms with E-state index in [-0.39, 0.29) is 26.1 Å². The molecule has 0 bridgehead atoms. The lowest BCUT2D eigenvalue weighted by Crippen LogP contribution is -2.59. The average Bonchev–Trinajstić information content (AvgIpc) is 3.23. The Hall–Kier alpha value is -2.86. The van der Waals surface area contributed by atoms with E-state index >= 15 is 0 Å². The highest BCUT2D eigenvalue weighted by Gasteiger charge is 2.44. The lowest BCUT2D eigenvalue weighted by molar-refractivity contribution is -0.305. The zero-order valence-corrected chi connectivity index (χ0v) is 36.7. The fourth-order valence-electron chi connectivity index (χ4n) is 6.44. The lowest BCUT2D eigenvalue weighted by atomic mass is 9.99. The van der Waals surface area contributed by atoms with Gasteiger partial charge in [-0.25, -0.2) is 0 Å². The third kappa shape index (κ3) is 30.8. The molecule has 1 fully saturated rings. The van der Waals surface area contributed by atoms with Crippen LogP contribution < -0.4 is 0 Å². The average molecular weight is 831 g/mol. The smallest absolute Gasteiger partial charge is 0.306 e. The molecule has 0 radical (unpaired) electrons. The first-order valence-electron chi connectivity index (χ1n) is 23.0.